The van der Waals surface area contributed by atoms with Gasteiger partial charge in [-0.1, -0.05) is 12.1 Å². The molecule has 0 saturated heterocycles. The van der Waals surface area contributed by atoms with Gasteiger partial charge in [0.05, 0.1) is 7.11 Å². The summed E-state index contributed by atoms with van der Waals surface area (Å²) in [5, 5.41) is 2.98. The molecule has 0 aromatic heterocycles. The lowest BCUT2D eigenvalue weighted by Crippen LogP contribution is -2.29. The third-order valence-electron chi connectivity index (χ3n) is 5.04. The summed E-state index contributed by atoms with van der Waals surface area (Å²) in [6, 6.07) is 13.3. The number of carbonyl (C=O) groups excluding carboxylic acids is 2. The fourth-order valence-electron chi connectivity index (χ4n) is 3.31. The van der Waals surface area contributed by atoms with Crippen LogP contribution in [0.5, 0.6) is 5.75 Å². The third kappa shape index (κ3) is 3.29. The minimum Gasteiger partial charge on any atom is -0.497 e. The van der Waals surface area contributed by atoms with Gasteiger partial charge >= 0.3 is 0 Å². The third-order valence-corrected chi connectivity index (χ3v) is 5.04. The van der Waals surface area contributed by atoms with E-state index in [-0.39, 0.29) is 17.7 Å². The van der Waals surface area contributed by atoms with E-state index in [4.69, 9.17) is 4.74 Å². The number of benzene rings is 2. The van der Waals surface area contributed by atoms with Gasteiger partial charge in [0.1, 0.15) is 5.75 Å². The second-order valence-corrected chi connectivity index (χ2v) is 6.89. The average molecular weight is 350 g/mol. The molecule has 0 atom stereocenters. The molecule has 0 bridgehead atoms. The predicted molar refractivity (Wildman–Crippen MR) is 99.4 cm³/mol. The SMILES string of the molecule is COc1ccc(C(=O)N2CCc3ccc(CNC(=O)C4CC4)cc32)cc1. The molecule has 5 nitrogen and oxygen atoms in total. The summed E-state index contributed by atoms with van der Waals surface area (Å²) in [6.45, 7) is 1.19. The fraction of sp³-hybridized carbons (Fsp3) is 0.333. The number of hydrogen-bond donors (Lipinski definition) is 1. The first-order valence-electron chi connectivity index (χ1n) is 9.01. The zero-order chi connectivity index (χ0) is 18.1. The van der Waals surface area contributed by atoms with Gasteiger partial charge in [-0.3, -0.25) is 9.59 Å². The van der Waals surface area contributed by atoms with Crippen LogP contribution in [0.1, 0.15) is 34.3 Å². The van der Waals surface area contributed by atoms with E-state index in [0.717, 1.165) is 36.3 Å². The Bertz CT molecular complexity index is 841. The number of ether oxygens (including phenoxy) is 1. The van der Waals surface area contributed by atoms with Crippen LogP contribution in [-0.4, -0.2) is 25.5 Å². The second-order valence-electron chi connectivity index (χ2n) is 6.89. The number of carbonyl (C=O) groups is 2. The maximum atomic E-state index is 12.9. The number of nitrogens with zero attached hydrogens (tertiary/aromatic N) is 1. The van der Waals surface area contributed by atoms with Crippen molar-refractivity contribution >= 4 is 17.5 Å². The molecule has 0 unspecified atom stereocenters. The van der Waals surface area contributed by atoms with E-state index in [1.54, 1.807) is 31.4 Å². The number of rotatable bonds is 5. The first-order chi connectivity index (χ1) is 12.7. The summed E-state index contributed by atoms with van der Waals surface area (Å²) < 4.78 is 5.15. The summed E-state index contributed by atoms with van der Waals surface area (Å²) in [5.41, 5.74) is 3.78. The molecule has 2 aromatic rings. The molecule has 1 heterocycles. The Morgan fingerprint density at radius 1 is 1.15 bits per heavy atom. The van der Waals surface area contributed by atoms with Gasteiger partial charge in [0.25, 0.3) is 5.91 Å². The molecule has 5 heteroatoms. The van der Waals surface area contributed by atoms with Crippen LogP contribution >= 0.6 is 0 Å². The Kier molecular flexibility index (Phi) is 4.37. The number of methoxy groups -OCH3 is 1. The van der Waals surface area contributed by atoms with Gasteiger partial charge in [-0.2, -0.15) is 0 Å². The van der Waals surface area contributed by atoms with Crippen molar-refractivity contribution in [1.29, 1.82) is 0 Å². The van der Waals surface area contributed by atoms with Crippen molar-refractivity contribution in [3.05, 3.63) is 59.2 Å². The van der Waals surface area contributed by atoms with Gasteiger partial charge in [-0.05, 0) is 60.7 Å². The summed E-state index contributed by atoms with van der Waals surface area (Å²) >= 11 is 0. The van der Waals surface area contributed by atoms with Crippen molar-refractivity contribution < 1.29 is 14.3 Å². The monoisotopic (exact) mass is 350 g/mol. The van der Waals surface area contributed by atoms with Crippen LogP contribution in [0.15, 0.2) is 42.5 Å². The average Bonchev–Trinajstić information content (AvgIpc) is 3.45. The summed E-state index contributed by atoms with van der Waals surface area (Å²) in [7, 11) is 1.61. The number of amides is 2. The molecule has 1 aliphatic carbocycles. The first-order valence-corrected chi connectivity index (χ1v) is 9.01. The number of nitrogens with one attached hydrogen (secondary N) is 1. The Hall–Kier alpha value is -2.82. The van der Waals surface area contributed by atoms with Crippen molar-refractivity contribution in [3.8, 4) is 5.75 Å². The molecule has 0 radical (unpaired) electrons. The van der Waals surface area contributed by atoms with E-state index in [9.17, 15) is 9.59 Å². The van der Waals surface area contributed by atoms with Crippen molar-refractivity contribution in [2.75, 3.05) is 18.6 Å². The van der Waals surface area contributed by atoms with E-state index in [0.29, 0.717) is 18.7 Å². The highest BCUT2D eigenvalue weighted by Crippen LogP contribution is 2.31. The topological polar surface area (TPSA) is 58.6 Å². The Morgan fingerprint density at radius 3 is 2.62 bits per heavy atom. The lowest BCUT2D eigenvalue weighted by atomic mass is 10.1. The highest BCUT2D eigenvalue weighted by atomic mass is 16.5. The van der Waals surface area contributed by atoms with Gasteiger partial charge in [0.2, 0.25) is 5.91 Å². The van der Waals surface area contributed by atoms with Crippen LogP contribution in [0.3, 0.4) is 0 Å². The zero-order valence-corrected chi connectivity index (χ0v) is 14.8. The van der Waals surface area contributed by atoms with Crippen LogP contribution in [-0.2, 0) is 17.8 Å². The maximum Gasteiger partial charge on any atom is 0.258 e. The quantitative estimate of drug-likeness (QED) is 0.902. The van der Waals surface area contributed by atoms with Crippen molar-refractivity contribution in [2.45, 2.75) is 25.8 Å². The van der Waals surface area contributed by atoms with Crippen LogP contribution in [0, 0.1) is 5.92 Å². The lowest BCUT2D eigenvalue weighted by molar-refractivity contribution is -0.122. The summed E-state index contributed by atoms with van der Waals surface area (Å²) in [5.74, 6) is 1.07. The van der Waals surface area contributed by atoms with Crippen molar-refractivity contribution in [1.82, 2.24) is 5.32 Å². The summed E-state index contributed by atoms with van der Waals surface area (Å²) in [4.78, 5) is 26.6. The van der Waals surface area contributed by atoms with Gasteiger partial charge < -0.3 is 15.0 Å². The van der Waals surface area contributed by atoms with E-state index in [1.165, 1.54) is 5.56 Å². The van der Waals surface area contributed by atoms with Crippen LogP contribution < -0.4 is 15.0 Å². The van der Waals surface area contributed by atoms with E-state index in [2.05, 4.69) is 11.4 Å². The molecule has 4 rings (SSSR count). The van der Waals surface area contributed by atoms with Crippen LogP contribution in [0.4, 0.5) is 5.69 Å². The first kappa shape index (κ1) is 16.6. The van der Waals surface area contributed by atoms with Crippen molar-refractivity contribution in [3.63, 3.8) is 0 Å². The van der Waals surface area contributed by atoms with E-state index < -0.39 is 0 Å². The minimum atomic E-state index is -0.00873. The Labute approximate surface area is 153 Å². The molecule has 2 aromatic carbocycles. The molecule has 1 saturated carbocycles. The largest absolute Gasteiger partial charge is 0.497 e. The van der Waals surface area contributed by atoms with Gasteiger partial charge in [0, 0.05) is 30.3 Å². The molecule has 26 heavy (non-hydrogen) atoms. The number of anilines is 1. The zero-order valence-electron chi connectivity index (χ0n) is 14.8. The molecule has 1 N–H and O–H groups in total. The molecule has 134 valence electrons. The molecule has 1 aliphatic heterocycles. The van der Waals surface area contributed by atoms with Crippen LogP contribution in [0.25, 0.3) is 0 Å². The summed E-state index contributed by atoms with van der Waals surface area (Å²) in [6.07, 6.45) is 2.85. The smallest absolute Gasteiger partial charge is 0.258 e. The fourth-order valence-corrected chi connectivity index (χ4v) is 3.31. The maximum absolute atomic E-state index is 12.9. The Balaban J connectivity index is 1.50. The predicted octanol–water partition coefficient (Wildman–Crippen LogP) is 2.92. The van der Waals surface area contributed by atoms with Gasteiger partial charge in [0.15, 0.2) is 0 Å². The minimum absolute atomic E-state index is 0.00873. The highest BCUT2D eigenvalue weighted by Gasteiger charge is 2.29. The number of hydrogen-bond acceptors (Lipinski definition) is 3. The molecule has 2 amide bonds. The molecular weight excluding hydrogens is 328 g/mol. The molecular formula is C21H22N2O3. The van der Waals surface area contributed by atoms with E-state index in [1.807, 2.05) is 17.0 Å². The molecule has 1 fully saturated rings. The Morgan fingerprint density at radius 2 is 1.92 bits per heavy atom. The van der Waals surface area contributed by atoms with Gasteiger partial charge in [-0.15, -0.1) is 0 Å². The lowest BCUT2D eigenvalue weighted by Gasteiger charge is -2.18. The molecule has 0 spiro atoms. The van der Waals surface area contributed by atoms with Crippen molar-refractivity contribution in [2.24, 2.45) is 5.92 Å². The van der Waals surface area contributed by atoms with E-state index >= 15 is 0 Å². The van der Waals surface area contributed by atoms with Gasteiger partial charge in [-0.25, -0.2) is 0 Å². The van der Waals surface area contributed by atoms with Crippen LogP contribution in [0.2, 0.25) is 0 Å². The normalized spacial score (nSPS) is 15.5. The standard InChI is InChI=1S/C21H22N2O3/c1-26-18-8-6-17(7-9-18)21(25)23-11-10-15-3-2-14(12-19(15)23)13-22-20(24)16-4-5-16/h2-3,6-9,12,16H,4-5,10-11,13H2,1H3,(H,22,24). The number of fused-ring (bicyclic) bond motifs is 1. The highest BCUT2D eigenvalue weighted by molar-refractivity contribution is 6.07. The molecule has 2 aliphatic rings. The second kappa shape index (κ2) is 6.83.